The zero-order chi connectivity index (χ0) is 51.4. The third-order valence-electron chi connectivity index (χ3n) is 14.3. The third-order valence-corrected chi connectivity index (χ3v) is 14.3. The first-order valence-corrected chi connectivity index (χ1v) is 31.4. The highest BCUT2D eigenvalue weighted by Gasteiger charge is 2.18. The van der Waals surface area contributed by atoms with E-state index in [1.54, 1.807) is 6.08 Å². The number of unbranched alkanes of at least 4 members (excludes halogenated alkanes) is 41. The lowest BCUT2D eigenvalue weighted by molar-refractivity contribution is -0.143. The Bertz CT molecular complexity index is 1190. The minimum atomic E-state index is -0.857. The number of hydrogen-bond donors (Lipinski definition) is 3. The summed E-state index contributed by atoms with van der Waals surface area (Å²) in [5.41, 5.74) is 0. The molecule has 0 rings (SSSR count). The van der Waals surface area contributed by atoms with Crippen LogP contribution in [0.3, 0.4) is 0 Å². The second kappa shape index (κ2) is 60.4. The largest absolute Gasteiger partial charge is 0.466 e. The lowest BCUT2D eigenvalue weighted by atomic mass is 10.0. The Morgan fingerprint density at radius 1 is 0.394 bits per heavy atom. The van der Waals surface area contributed by atoms with E-state index in [4.69, 9.17) is 4.74 Å². The van der Waals surface area contributed by atoms with Crippen molar-refractivity contribution in [1.82, 2.24) is 5.32 Å². The molecule has 0 saturated heterocycles. The monoisotopic (exact) mass is 996 g/mol. The number of carbonyl (C=O) groups is 2. The number of ether oxygens (including phenoxy) is 1. The maximum absolute atomic E-state index is 12.5. The Kier molecular flexibility index (Phi) is 58.5. The first kappa shape index (κ1) is 68.8. The Labute approximate surface area is 442 Å². The highest BCUT2D eigenvalue weighted by atomic mass is 16.5. The molecule has 0 radical (unpaired) electrons. The predicted octanol–water partition coefficient (Wildman–Crippen LogP) is 19.7. The molecule has 0 heterocycles. The quantitative estimate of drug-likeness (QED) is 0.0321. The fraction of sp³-hybridized carbons (Fsp3) is 0.846. The molecule has 0 saturated carbocycles. The van der Waals surface area contributed by atoms with E-state index in [-0.39, 0.29) is 18.5 Å². The highest BCUT2D eigenvalue weighted by Crippen LogP contribution is 2.17. The minimum Gasteiger partial charge on any atom is -0.466 e. The molecule has 0 aliphatic heterocycles. The number of rotatable bonds is 58. The van der Waals surface area contributed by atoms with Crippen molar-refractivity contribution in [2.45, 2.75) is 341 Å². The standard InChI is InChI=1S/C65H121NO5/c1-3-5-7-9-11-13-15-17-19-21-22-23-24-25-27-29-33-37-41-45-49-53-57-63(68)62(61-67)66-64(69)58-54-50-46-42-38-34-30-28-32-36-40-44-48-52-56-60-71-65(70)59-55-51-47-43-39-35-31-26-20-18-16-14-12-10-8-6-4-2/h12,14,18,20,32,36,53,57,62-63,67-68H,3-11,13,15-17,19,21-31,33-35,37-52,54-56,58-61H2,1-2H3,(H,66,69)/b14-12-,20-18-,36-32-,57-53+. The van der Waals surface area contributed by atoms with Gasteiger partial charge in [-0.25, -0.2) is 0 Å². The van der Waals surface area contributed by atoms with Gasteiger partial charge in [-0.2, -0.15) is 0 Å². The van der Waals surface area contributed by atoms with Crippen LogP contribution in [-0.4, -0.2) is 47.4 Å². The molecule has 6 nitrogen and oxygen atoms in total. The topological polar surface area (TPSA) is 95.9 Å². The second-order valence-electron chi connectivity index (χ2n) is 21.4. The molecule has 2 atom stereocenters. The van der Waals surface area contributed by atoms with Crippen molar-refractivity contribution in [3.05, 3.63) is 48.6 Å². The summed E-state index contributed by atoms with van der Waals surface area (Å²) in [6.07, 6.45) is 77.1. The molecule has 0 aromatic heterocycles. The van der Waals surface area contributed by atoms with E-state index in [1.165, 1.54) is 225 Å². The van der Waals surface area contributed by atoms with E-state index in [9.17, 15) is 19.8 Å². The summed E-state index contributed by atoms with van der Waals surface area (Å²) >= 11 is 0. The summed E-state index contributed by atoms with van der Waals surface area (Å²) in [7, 11) is 0. The molecule has 0 aromatic carbocycles. The zero-order valence-corrected chi connectivity index (χ0v) is 47.5. The third kappa shape index (κ3) is 57.0. The van der Waals surface area contributed by atoms with Gasteiger partial charge in [-0.1, -0.05) is 274 Å². The van der Waals surface area contributed by atoms with Gasteiger partial charge in [0.05, 0.1) is 25.4 Å². The second-order valence-corrected chi connectivity index (χ2v) is 21.4. The van der Waals surface area contributed by atoms with Crippen molar-refractivity contribution >= 4 is 11.9 Å². The lowest BCUT2D eigenvalue weighted by Crippen LogP contribution is -2.45. The predicted molar refractivity (Wildman–Crippen MR) is 310 cm³/mol. The fourth-order valence-corrected chi connectivity index (χ4v) is 9.48. The summed E-state index contributed by atoms with van der Waals surface area (Å²) in [5, 5.41) is 23.2. The Hall–Kier alpha value is -2.18. The summed E-state index contributed by atoms with van der Waals surface area (Å²) in [4.78, 5) is 24.6. The summed E-state index contributed by atoms with van der Waals surface area (Å²) in [6.45, 7) is 4.86. The van der Waals surface area contributed by atoms with Gasteiger partial charge in [0.25, 0.3) is 0 Å². The molecule has 0 bridgehead atoms. The molecule has 0 aromatic rings. The van der Waals surface area contributed by atoms with Crippen LogP contribution in [0.25, 0.3) is 0 Å². The van der Waals surface area contributed by atoms with Crippen LogP contribution in [0.1, 0.15) is 328 Å². The fourth-order valence-electron chi connectivity index (χ4n) is 9.48. The molecule has 71 heavy (non-hydrogen) atoms. The van der Waals surface area contributed by atoms with Gasteiger partial charge in [0.2, 0.25) is 5.91 Å². The number of allylic oxidation sites excluding steroid dienone is 7. The van der Waals surface area contributed by atoms with Crippen molar-refractivity contribution in [3.8, 4) is 0 Å². The SMILES string of the molecule is CCCCC/C=C\C/C=C\CCCCCCCCCC(=O)OCCCCCC/C=C\CCCCCCCCCC(=O)NC(CO)C(O)/C=C/CCCCCCCCCCCCCCCCCCCCCC. The summed E-state index contributed by atoms with van der Waals surface area (Å²) < 4.78 is 5.47. The van der Waals surface area contributed by atoms with Crippen molar-refractivity contribution in [2.75, 3.05) is 13.2 Å². The van der Waals surface area contributed by atoms with Gasteiger partial charge in [0.1, 0.15) is 0 Å². The van der Waals surface area contributed by atoms with Crippen LogP contribution >= 0.6 is 0 Å². The first-order chi connectivity index (χ1) is 35.0. The molecule has 0 spiro atoms. The van der Waals surface area contributed by atoms with Crippen molar-refractivity contribution < 1.29 is 24.5 Å². The smallest absolute Gasteiger partial charge is 0.305 e. The van der Waals surface area contributed by atoms with Crippen LogP contribution in [0.4, 0.5) is 0 Å². The minimum absolute atomic E-state index is 0.0189. The Morgan fingerprint density at radius 3 is 1.11 bits per heavy atom. The molecule has 1 amide bonds. The number of carbonyl (C=O) groups excluding carboxylic acids is 2. The Balaban J connectivity index is 3.50. The van der Waals surface area contributed by atoms with E-state index >= 15 is 0 Å². The number of hydrogen-bond acceptors (Lipinski definition) is 5. The van der Waals surface area contributed by atoms with Crippen molar-refractivity contribution in [2.24, 2.45) is 0 Å². The van der Waals surface area contributed by atoms with Crippen molar-refractivity contribution in [3.63, 3.8) is 0 Å². The summed E-state index contributed by atoms with van der Waals surface area (Å²) in [5.74, 6) is -0.100. The van der Waals surface area contributed by atoms with Crippen LogP contribution in [0.2, 0.25) is 0 Å². The van der Waals surface area contributed by atoms with Crippen molar-refractivity contribution in [1.29, 1.82) is 0 Å². The van der Waals surface area contributed by atoms with E-state index in [0.717, 1.165) is 77.0 Å². The molecular weight excluding hydrogens is 875 g/mol. The van der Waals surface area contributed by atoms with Crippen LogP contribution in [0.5, 0.6) is 0 Å². The molecule has 2 unspecified atom stereocenters. The Morgan fingerprint density at radius 2 is 0.704 bits per heavy atom. The van der Waals surface area contributed by atoms with E-state index in [1.807, 2.05) is 6.08 Å². The molecule has 416 valence electrons. The number of amides is 1. The van der Waals surface area contributed by atoms with E-state index in [2.05, 4.69) is 55.6 Å². The number of aliphatic hydroxyl groups excluding tert-OH is 2. The van der Waals surface area contributed by atoms with Crippen LogP contribution in [-0.2, 0) is 14.3 Å². The maximum atomic E-state index is 12.5. The molecule has 6 heteroatoms. The lowest BCUT2D eigenvalue weighted by Gasteiger charge is -2.20. The van der Waals surface area contributed by atoms with Gasteiger partial charge in [-0.05, 0) is 89.9 Å². The van der Waals surface area contributed by atoms with Crippen LogP contribution < -0.4 is 5.32 Å². The first-order valence-electron chi connectivity index (χ1n) is 31.4. The van der Waals surface area contributed by atoms with Gasteiger partial charge < -0.3 is 20.3 Å². The number of aliphatic hydroxyl groups is 2. The zero-order valence-electron chi connectivity index (χ0n) is 47.5. The van der Waals surface area contributed by atoms with Gasteiger partial charge in [-0.3, -0.25) is 9.59 Å². The average molecular weight is 997 g/mol. The molecule has 0 aliphatic carbocycles. The normalized spacial score (nSPS) is 12.9. The molecule has 0 fully saturated rings. The molecular formula is C65H121NO5. The average Bonchev–Trinajstić information content (AvgIpc) is 3.37. The maximum Gasteiger partial charge on any atom is 0.305 e. The highest BCUT2D eigenvalue weighted by molar-refractivity contribution is 5.76. The van der Waals surface area contributed by atoms with E-state index < -0.39 is 12.1 Å². The van der Waals surface area contributed by atoms with Crippen LogP contribution in [0.15, 0.2) is 48.6 Å². The van der Waals surface area contributed by atoms with E-state index in [0.29, 0.717) is 19.4 Å². The van der Waals surface area contributed by atoms with Crippen LogP contribution in [0, 0.1) is 0 Å². The number of esters is 1. The van der Waals surface area contributed by atoms with Gasteiger partial charge in [-0.15, -0.1) is 0 Å². The molecule has 0 aliphatic rings. The number of nitrogens with one attached hydrogen (secondary N) is 1. The molecule has 3 N–H and O–H groups in total. The van der Waals surface area contributed by atoms with Gasteiger partial charge in [0, 0.05) is 12.8 Å². The van der Waals surface area contributed by atoms with Gasteiger partial charge in [0.15, 0.2) is 0 Å². The summed E-state index contributed by atoms with van der Waals surface area (Å²) in [6, 6.07) is -0.642. The van der Waals surface area contributed by atoms with Gasteiger partial charge >= 0.3 is 5.97 Å².